The number of amides is 2. The van der Waals surface area contributed by atoms with Crippen LogP contribution in [-0.4, -0.2) is 31.4 Å². The van der Waals surface area contributed by atoms with Crippen molar-refractivity contribution in [3.05, 3.63) is 63.6 Å². The number of benzene rings is 2. The lowest BCUT2D eigenvalue weighted by atomic mass is 10.1. The van der Waals surface area contributed by atoms with Crippen LogP contribution in [0.4, 0.5) is 5.69 Å². The Morgan fingerprint density at radius 2 is 1.73 bits per heavy atom. The number of esters is 1. The minimum absolute atomic E-state index is 0.0654. The Bertz CT molecular complexity index is 822. The van der Waals surface area contributed by atoms with Crippen LogP contribution < -0.4 is 10.6 Å². The van der Waals surface area contributed by atoms with E-state index in [1.54, 1.807) is 36.4 Å². The van der Waals surface area contributed by atoms with Crippen molar-refractivity contribution in [1.82, 2.24) is 5.32 Å². The lowest BCUT2D eigenvalue weighted by Gasteiger charge is -2.08. The van der Waals surface area contributed by atoms with Gasteiger partial charge in [-0.1, -0.05) is 29.3 Å². The Labute approximate surface area is 160 Å². The van der Waals surface area contributed by atoms with Crippen LogP contribution in [0.3, 0.4) is 0 Å². The number of anilines is 1. The molecule has 136 valence electrons. The molecule has 2 N–H and O–H groups in total. The van der Waals surface area contributed by atoms with Crippen molar-refractivity contribution in [2.75, 3.05) is 19.0 Å². The lowest BCUT2D eigenvalue weighted by Crippen LogP contribution is -2.22. The van der Waals surface area contributed by atoms with E-state index in [9.17, 15) is 14.4 Å². The Hall–Kier alpha value is -2.57. The quantitative estimate of drug-likeness (QED) is 0.737. The van der Waals surface area contributed by atoms with Gasteiger partial charge >= 0.3 is 5.97 Å². The van der Waals surface area contributed by atoms with Gasteiger partial charge in [0.2, 0.25) is 0 Å². The molecule has 0 spiro atoms. The summed E-state index contributed by atoms with van der Waals surface area (Å²) in [6.45, 7) is -0.429. The van der Waals surface area contributed by atoms with E-state index in [0.29, 0.717) is 26.9 Å². The Morgan fingerprint density at radius 1 is 1.04 bits per heavy atom. The molecule has 0 fully saturated rings. The summed E-state index contributed by atoms with van der Waals surface area (Å²) in [6.07, 6.45) is -0.0654. The van der Waals surface area contributed by atoms with Gasteiger partial charge in [0.25, 0.3) is 11.8 Å². The van der Waals surface area contributed by atoms with E-state index in [4.69, 9.17) is 27.9 Å². The third-order valence-corrected chi connectivity index (χ3v) is 3.96. The van der Waals surface area contributed by atoms with Crippen LogP contribution in [0.1, 0.15) is 15.9 Å². The first-order chi connectivity index (χ1) is 12.4. The summed E-state index contributed by atoms with van der Waals surface area (Å²) in [4.78, 5) is 35.1. The molecule has 0 bridgehead atoms. The number of halogens is 2. The molecule has 2 aromatic carbocycles. The first-order valence-electron chi connectivity index (χ1n) is 7.60. The maximum Gasteiger partial charge on any atom is 0.310 e. The number of nitrogens with one attached hydrogen (secondary N) is 2. The van der Waals surface area contributed by atoms with E-state index < -0.39 is 18.5 Å². The molecular formula is C18H16Cl2N2O4. The largest absolute Gasteiger partial charge is 0.455 e. The highest BCUT2D eigenvalue weighted by Gasteiger charge is 2.12. The minimum atomic E-state index is -0.584. The summed E-state index contributed by atoms with van der Waals surface area (Å²) in [5.74, 6) is -1.30. The van der Waals surface area contributed by atoms with Gasteiger partial charge in [-0.2, -0.15) is 0 Å². The third-order valence-electron chi connectivity index (χ3n) is 3.37. The summed E-state index contributed by atoms with van der Waals surface area (Å²) in [6, 6.07) is 11.1. The summed E-state index contributed by atoms with van der Waals surface area (Å²) < 4.78 is 4.94. The zero-order valence-corrected chi connectivity index (χ0v) is 15.4. The SMILES string of the molecule is CNC(=O)c1ccc(NC(=O)COC(=O)Cc2ccc(Cl)cc2Cl)cc1. The molecule has 2 amide bonds. The van der Waals surface area contributed by atoms with Crippen LogP contribution in [0.2, 0.25) is 10.0 Å². The molecule has 6 nitrogen and oxygen atoms in total. The number of carbonyl (C=O) groups excluding carboxylic acids is 3. The second-order valence-electron chi connectivity index (χ2n) is 5.28. The van der Waals surface area contributed by atoms with Crippen molar-refractivity contribution >= 4 is 46.7 Å². The first-order valence-corrected chi connectivity index (χ1v) is 8.36. The molecule has 0 atom stereocenters. The van der Waals surface area contributed by atoms with E-state index in [1.165, 1.54) is 13.1 Å². The fourth-order valence-corrected chi connectivity index (χ4v) is 2.54. The minimum Gasteiger partial charge on any atom is -0.455 e. The summed E-state index contributed by atoms with van der Waals surface area (Å²) in [5.41, 5.74) is 1.52. The standard InChI is InChI=1S/C18H16Cl2N2O4/c1-21-18(25)11-3-6-14(7-4-11)22-16(23)10-26-17(24)8-12-2-5-13(19)9-15(12)20/h2-7,9H,8,10H2,1H3,(H,21,25)(H,22,23). The molecule has 0 aliphatic rings. The van der Waals surface area contributed by atoms with E-state index in [-0.39, 0.29) is 12.3 Å². The van der Waals surface area contributed by atoms with Crippen molar-refractivity contribution in [2.24, 2.45) is 0 Å². The molecule has 0 saturated heterocycles. The predicted octanol–water partition coefficient (Wildman–Crippen LogP) is 3.08. The molecule has 0 saturated carbocycles. The Kier molecular flexibility index (Phi) is 7.00. The molecule has 0 heterocycles. The van der Waals surface area contributed by atoms with Crippen molar-refractivity contribution in [3.63, 3.8) is 0 Å². The van der Waals surface area contributed by atoms with Gasteiger partial charge in [0.15, 0.2) is 6.61 Å². The molecule has 26 heavy (non-hydrogen) atoms. The van der Waals surface area contributed by atoms with E-state index >= 15 is 0 Å². The van der Waals surface area contributed by atoms with E-state index in [0.717, 1.165) is 0 Å². The highest BCUT2D eigenvalue weighted by atomic mass is 35.5. The highest BCUT2D eigenvalue weighted by Crippen LogP contribution is 2.21. The van der Waals surface area contributed by atoms with Crippen LogP contribution in [0, 0.1) is 0 Å². The maximum atomic E-state index is 11.8. The molecule has 0 aromatic heterocycles. The van der Waals surface area contributed by atoms with Gasteiger partial charge in [-0.3, -0.25) is 14.4 Å². The first kappa shape index (κ1) is 19.8. The average molecular weight is 395 g/mol. The molecule has 0 aliphatic heterocycles. The summed E-state index contributed by atoms with van der Waals surface area (Å²) >= 11 is 11.8. The smallest absolute Gasteiger partial charge is 0.310 e. The summed E-state index contributed by atoms with van der Waals surface area (Å²) in [5, 5.41) is 5.90. The zero-order chi connectivity index (χ0) is 19.1. The normalized spacial score (nSPS) is 10.1. The molecule has 8 heteroatoms. The van der Waals surface area contributed by atoms with Gasteiger partial charge in [-0.25, -0.2) is 0 Å². The van der Waals surface area contributed by atoms with Crippen LogP contribution >= 0.6 is 23.2 Å². The number of hydrogen-bond donors (Lipinski definition) is 2. The Morgan fingerprint density at radius 3 is 2.35 bits per heavy atom. The van der Waals surface area contributed by atoms with Crippen LogP contribution in [-0.2, 0) is 20.7 Å². The van der Waals surface area contributed by atoms with Crippen molar-refractivity contribution < 1.29 is 19.1 Å². The fourth-order valence-electron chi connectivity index (χ4n) is 2.06. The van der Waals surface area contributed by atoms with Crippen molar-refractivity contribution in [3.8, 4) is 0 Å². The second kappa shape index (κ2) is 9.22. The number of rotatable bonds is 6. The maximum absolute atomic E-state index is 11.8. The van der Waals surface area contributed by atoms with Gasteiger partial charge in [0.1, 0.15) is 0 Å². The van der Waals surface area contributed by atoms with E-state index in [1.807, 2.05) is 0 Å². The molecule has 0 radical (unpaired) electrons. The number of ether oxygens (including phenoxy) is 1. The van der Waals surface area contributed by atoms with Crippen molar-refractivity contribution in [1.29, 1.82) is 0 Å². The molecule has 2 aromatic rings. The number of carbonyl (C=O) groups is 3. The zero-order valence-electron chi connectivity index (χ0n) is 13.8. The third kappa shape index (κ3) is 5.75. The van der Waals surface area contributed by atoms with Gasteiger partial charge in [-0.05, 0) is 42.0 Å². The molecule has 0 aliphatic carbocycles. The van der Waals surface area contributed by atoms with Gasteiger partial charge in [0, 0.05) is 28.3 Å². The van der Waals surface area contributed by atoms with Crippen molar-refractivity contribution in [2.45, 2.75) is 6.42 Å². The Balaban J connectivity index is 1.82. The van der Waals surface area contributed by atoms with E-state index in [2.05, 4.69) is 10.6 Å². The average Bonchev–Trinajstić information content (AvgIpc) is 2.62. The van der Waals surface area contributed by atoms with Crippen LogP contribution in [0.25, 0.3) is 0 Å². The van der Waals surface area contributed by atoms with Gasteiger partial charge in [-0.15, -0.1) is 0 Å². The van der Waals surface area contributed by atoms with Gasteiger partial charge in [0.05, 0.1) is 6.42 Å². The molecule has 0 unspecified atom stereocenters. The fraction of sp³-hybridized carbons (Fsp3) is 0.167. The summed E-state index contributed by atoms with van der Waals surface area (Å²) in [7, 11) is 1.53. The molecular weight excluding hydrogens is 379 g/mol. The highest BCUT2D eigenvalue weighted by molar-refractivity contribution is 6.35. The molecule has 2 rings (SSSR count). The monoisotopic (exact) mass is 394 g/mol. The second-order valence-corrected chi connectivity index (χ2v) is 6.12. The topological polar surface area (TPSA) is 84.5 Å². The predicted molar refractivity (Wildman–Crippen MR) is 99.6 cm³/mol. The number of hydrogen-bond acceptors (Lipinski definition) is 4. The van der Waals surface area contributed by atoms with Gasteiger partial charge < -0.3 is 15.4 Å². The van der Waals surface area contributed by atoms with Crippen LogP contribution in [0.5, 0.6) is 0 Å². The lowest BCUT2D eigenvalue weighted by molar-refractivity contribution is -0.146. The van der Waals surface area contributed by atoms with Crippen LogP contribution in [0.15, 0.2) is 42.5 Å².